The van der Waals surface area contributed by atoms with Gasteiger partial charge in [-0.2, -0.15) is 0 Å². The van der Waals surface area contributed by atoms with Gasteiger partial charge >= 0.3 is 11.9 Å². The van der Waals surface area contributed by atoms with Crippen LogP contribution >= 0.6 is 12.4 Å². The smallest absolute Gasteiger partial charge is 0.325 e. The minimum atomic E-state index is -1.18. The second-order valence-electron chi connectivity index (χ2n) is 9.59. The lowest BCUT2D eigenvalue weighted by Gasteiger charge is -2.27. The molecule has 0 bridgehead atoms. The summed E-state index contributed by atoms with van der Waals surface area (Å²) in [6.45, 7) is 9.16. The standard InChI is InChI=1S/C27H43N3O6.ClH/c1-6-8-12-18(4)22(36-27(35)24(28)17(3)7-2)16-23(31)30-21(15-20-13-10-9-11-14-20)25(32)29-19(5)26(33)34;/h9-11,13-14,17-19,21-22,24H,6-8,12,15-16,28H2,1-5H3,(H,29,32)(H,30,31)(H,33,34);1H/t17-,18-,19-,21-,22+,24+;/m0./s1. The van der Waals surface area contributed by atoms with Crippen LogP contribution in [0.5, 0.6) is 0 Å². The van der Waals surface area contributed by atoms with E-state index in [4.69, 9.17) is 15.6 Å². The fourth-order valence-corrected chi connectivity index (χ4v) is 3.66. The van der Waals surface area contributed by atoms with E-state index in [1.54, 1.807) is 0 Å². The Kier molecular flexibility index (Phi) is 16.5. The molecule has 1 aromatic rings. The van der Waals surface area contributed by atoms with Crippen molar-refractivity contribution in [2.24, 2.45) is 17.6 Å². The Morgan fingerprint density at radius 2 is 1.62 bits per heavy atom. The fraction of sp³-hybridized carbons (Fsp3) is 0.630. The molecule has 0 aliphatic carbocycles. The Labute approximate surface area is 226 Å². The van der Waals surface area contributed by atoms with Gasteiger partial charge in [0.25, 0.3) is 0 Å². The average Bonchev–Trinajstić information content (AvgIpc) is 2.85. The van der Waals surface area contributed by atoms with Gasteiger partial charge in [0, 0.05) is 6.42 Å². The van der Waals surface area contributed by atoms with Crippen LogP contribution in [-0.2, 0) is 30.3 Å². The molecule has 0 saturated carbocycles. The van der Waals surface area contributed by atoms with Gasteiger partial charge in [-0.05, 0) is 30.7 Å². The Morgan fingerprint density at radius 3 is 2.16 bits per heavy atom. The molecule has 6 atom stereocenters. The van der Waals surface area contributed by atoms with Gasteiger partial charge in [-0.25, -0.2) is 0 Å². The molecule has 2 amide bonds. The normalized spacial score (nSPS) is 15.6. The first-order valence-corrected chi connectivity index (χ1v) is 12.8. The number of nitrogens with two attached hydrogens (primary N) is 1. The van der Waals surface area contributed by atoms with Crippen LogP contribution in [0.1, 0.15) is 72.3 Å². The summed E-state index contributed by atoms with van der Waals surface area (Å²) in [6, 6.07) is 6.22. The molecule has 10 heteroatoms. The predicted molar refractivity (Wildman–Crippen MR) is 145 cm³/mol. The van der Waals surface area contributed by atoms with E-state index in [2.05, 4.69) is 17.6 Å². The number of esters is 1. The van der Waals surface area contributed by atoms with Crippen molar-refractivity contribution in [2.75, 3.05) is 0 Å². The maximum Gasteiger partial charge on any atom is 0.325 e. The summed E-state index contributed by atoms with van der Waals surface area (Å²) in [5.41, 5.74) is 6.86. The third-order valence-electron chi connectivity index (χ3n) is 6.49. The van der Waals surface area contributed by atoms with Crippen LogP contribution in [0, 0.1) is 11.8 Å². The maximum atomic E-state index is 13.1. The number of hydrogen-bond donors (Lipinski definition) is 4. The number of hydrogen-bond acceptors (Lipinski definition) is 6. The van der Waals surface area contributed by atoms with Crippen molar-refractivity contribution < 1.29 is 29.0 Å². The van der Waals surface area contributed by atoms with Crippen molar-refractivity contribution in [1.82, 2.24) is 10.6 Å². The van der Waals surface area contributed by atoms with E-state index in [1.807, 2.05) is 51.1 Å². The van der Waals surface area contributed by atoms with Gasteiger partial charge < -0.3 is 26.2 Å². The van der Waals surface area contributed by atoms with Gasteiger partial charge in [0.15, 0.2) is 0 Å². The van der Waals surface area contributed by atoms with E-state index in [-0.39, 0.29) is 37.1 Å². The van der Waals surface area contributed by atoms with Crippen molar-refractivity contribution in [3.05, 3.63) is 35.9 Å². The molecule has 0 spiro atoms. The molecule has 0 heterocycles. The summed E-state index contributed by atoms with van der Waals surface area (Å²) in [5, 5.41) is 14.3. The Balaban J connectivity index is 0.0000130. The van der Waals surface area contributed by atoms with E-state index < -0.39 is 48.0 Å². The Morgan fingerprint density at radius 1 is 1.00 bits per heavy atom. The van der Waals surface area contributed by atoms with Crippen LogP contribution in [-0.4, -0.2) is 53.1 Å². The third-order valence-corrected chi connectivity index (χ3v) is 6.49. The van der Waals surface area contributed by atoms with E-state index in [9.17, 15) is 19.2 Å². The van der Waals surface area contributed by atoms with Crippen molar-refractivity contribution in [3.8, 4) is 0 Å². The number of rotatable bonds is 16. The van der Waals surface area contributed by atoms with Crippen molar-refractivity contribution in [2.45, 2.75) is 97.4 Å². The zero-order valence-corrected chi connectivity index (χ0v) is 23.4. The Hall–Kier alpha value is -2.65. The summed E-state index contributed by atoms with van der Waals surface area (Å²) in [6.07, 6.45) is 2.72. The van der Waals surface area contributed by atoms with Crippen LogP contribution < -0.4 is 16.4 Å². The number of aliphatic carboxylic acids is 1. The third kappa shape index (κ3) is 12.4. The summed E-state index contributed by atoms with van der Waals surface area (Å²) in [5.74, 6) is -2.94. The second-order valence-corrected chi connectivity index (χ2v) is 9.59. The van der Waals surface area contributed by atoms with Gasteiger partial charge in [-0.3, -0.25) is 19.2 Å². The minimum absolute atomic E-state index is 0. The van der Waals surface area contributed by atoms with Gasteiger partial charge in [-0.15, -0.1) is 12.4 Å². The lowest BCUT2D eigenvalue weighted by Crippen LogP contribution is -2.52. The summed E-state index contributed by atoms with van der Waals surface area (Å²) in [4.78, 5) is 49.8. The van der Waals surface area contributed by atoms with Gasteiger partial charge in [0.05, 0.1) is 6.42 Å². The first kappa shape index (κ1) is 34.4. The number of carbonyl (C=O) groups excluding carboxylic acids is 3. The van der Waals surface area contributed by atoms with Crippen molar-refractivity contribution in [1.29, 1.82) is 0 Å². The highest BCUT2D eigenvalue weighted by atomic mass is 35.5. The second kappa shape index (κ2) is 17.7. The number of unbranched alkanes of at least 4 members (excludes halogenated alkanes) is 1. The molecule has 210 valence electrons. The maximum absolute atomic E-state index is 13.1. The van der Waals surface area contributed by atoms with Gasteiger partial charge in [-0.1, -0.05) is 77.3 Å². The highest BCUT2D eigenvalue weighted by molar-refractivity contribution is 5.90. The van der Waals surface area contributed by atoms with Gasteiger partial charge in [0.1, 0.15) is 24.2 Å². The first-order valence-electron chi connectivity index (χ1n) is 12.8. The lowest BCUT2D eigenvalue weighted by molar-refractivity contribution is -0.156. The molecule has 37 heavy (non-hydrogen) atoms. The number of benzene rings is 1. The molecule has 1 aromatic carbocycles. The zero-order valence-electron chi connectivity index (χ0n) is 22.6. The van der Waals surface area contributed by atoms with E-state index in [0.717, 1.165) is 31.2 Å². The number of nitrogens with one attached hydrogen (secondary N) is 2. The quantitative estimate of drug-likeness (QED) is 0.235. The SMILES string of the molecule is CCCC[C@H](C)[C@@H](CC(=O)N[C@@H](Cc1ccccc1)C(=O)N[C@@H](C)C(=O)O)OC(=O)[C@H](N)[C@@H](C)CC.Cl. The van der Waals surface area contributed by atoms with Gasteiger partial charge in [0.2, 0.25) is 11.8 Å². The van der Waals surface area contributed by atoms with Crippen molar-refractivity contribution in [3.63, 3.8) is 0 Å². The predicted octanol–water partition coefficient (Wildman–Crippen LogP) is 3.23. The molecule has 1 rings (SSSR count). The lowest BCUT2D eigenvalue weighted by atomic mass is 9.94. The molecular weight excluding hydrogens is 498 g/mol. The molecule has 0 fully saturated rings. The highest BCUT2D eigenvalue weighted by Crippen LogP contribution is 2.20. The molecule has 0 aromatic heterocycles. The molecular formula is C27H44ClN3O6. The average molecular weight is 542 g/mol. The monoisotopic (exact) mass is 541 g/mol. The van der Waals surface area contributed by atoms with Crippen LogP contribution in [0.3, 0.4) is 0 Å². The molecule has 5 N–H and O–H groups in total. The zero-order chi connectivity index (χ0) is 27.3. The minimum Gasteiger partial charge on any atom is -0.480 e. The highest BCUT2D eigenvalue weighted by Gasteiger charge is 2.31. The van der Waals surface area contributed by atoms with Crippen LogP contribution in [0.25, 0.3) is 0 Å². The van der Waals surface area contributed by atoms with E-state index in [1.165, 1.54) is 6.92 Å². The number of amides is 2. The fourth-order valence-electron chi connectivity index (χ4n) is 3.66. The Bertz CT molecular complexity index is 854. The van der Waals surface area contributed by atoms with Crippen LogP contribution in [0.2, 0.25) is 0 Å². The van der Waals surface area contributed by atoms with E-state index >= 15 is 0 Å². The summed E-state index contributed by atoms with van der Waals surface area (Å²) in [7, 11) is 0. The number of ether oxygens (including phenoxy) is 1. The largest absolute Gasteiger partial charge is 0.480 e. The van der Waals surface area contributed by atoms with Crippen LogP contribution in [0.4, 0.5) is 0 Å². The molecule has 0 aliphatic heterocycles. The first-order chi connectivity index (χ1) is 17.0. The molecule has 9 nitrogen and oxygen atoms in total. The number of halogens is 1. The molecule has 0 radical (unpaired) electrons. The topological polar surface area (TPSA) is 148 Å². The van der Waals surface area contributed by atoms with Crippen molar-refractivity contribution >= 4 is 36.2 Å². The number of carboxylic acids is 1. The summed E-state index contributed by atoms with van der Waals surface area (Å²) < 4.78 is 5.72. The van der Waals surface area contributed by atoms with Crippen LogP contribution in [0.15, 0.2) is 30.3 Å². The number of carbonyl (C=O) groups is 4. The molecule has 0 saturated heterocycles. The summed E-state index contributed by atoms with van der Waals surface area (Å²) >= 11 is 0. The molecule has 0 unspecified atom stereocenters. The molecule has 0 aliphatic rings. The van der Waals surface area contributed by atoms with E-state index in [0.29, 0.717) is 0 Å². The number of carboxylic acid groups (broad SMARTS) is 1.